The molecular formula is C17H20N2O3S. The average molecular weight is 332 g/mol. The van der Waals surface area contributed by atoms with Gasteiger partial charge in [0, 0.05) is 16.3 Å². The fraction of sp³-hybridized carbons (Fsp3) is 0.294. The van der Waals surface area contributed by atoms with Gasteiger partial charge in [0.05, 0.1) is 12.2 Å². The van der Waals surface area contributed by atoms with Gasteiger partial charge in [-0.2, -0.15) is 0 Å². The molecule has 2 aromatic rings. The van der Waals surface area contributed by atoms with Crippen LogP contribution in [0.25, 0.3) is 0 Å². The standard InChI is InChI=1S/C17H20N2O3S/c1-5-22-17(21)14-10(2)15(18-11(14)3)16(20)19-12-7-6-8-13(9-12)23-4/h6-9,18H,5H2,1-4H3,(H,19,20). The van der Waals surface area contributed by atoms with Crippen molar-refractivity contribution in [2.45, 2.75) is 25.7 Å². The Bertz CT molecular complexity index is 737. The summed E-state index contributed by atoms with van der Waals surface area (Å²) < 4.78 is 5.04. The van der Waals surface area contributed by atoms with E-state index < -0.39 is 5.97 Å². The Balaban J connectivity index is 2.26. The van der Waals surface area contributed by atoms with Crippen molar-refractivity contribution in [2.75, 3.05) is 18.2 Å². The molecule has 0 bridgehead atoms. The summed E-state index contributed by atoms with van der Waals surface area (Å²) in [6.07, 6.45) is 1.98. The molecule has 0 aliphatic carbocycles. The molecule has 0 unspecified atom stereocenters. The van der Waals surface area contributed by atoms with E-state index in [1.54, 1.807) is 32.5 Å². The normalized spacial score (nSPS) is 10.4. The first-order valence-electron chi connectivity index (χ1n) is 7.29. The lowest BCUT2D eigenvalue weighted by Crippen LogP contribution is -2.14. The number of aromatic nitrogens is 1. The summed E-state index contributed by atoms with van der Waals surface area (Å²) in [5.41, 5.74) is 2.74. The van der Waals surface area contributed by atoms with Gasteiger partial charge in [-0.25, -0.2) is 4.79 Å². The summed E-state index contributed by atoms with van der Waals surface area (Å²) in [6, 6.07) is 7.59. The van der Waals surface area contributed by atoms with E-state index in [-0.39, 0.29) is 5.91 Å². The number of hydrogen-bond acceptors (Lipinski definition) is 4. The number of benzene rings is 1. The van der Waals surface area contributed by atoms with Crippen LogP contribution in [0.5, 0.6) is 0 Å². The highest BCUT2D eigenvalue weighted by molar-refractivity contribution is 7.98. The molecule has 1 heterocycles. The van der Waals surface area contributed by atoms with Gasteiger partial charge in [0.25, 0.3) is 5.91 Å². The molecule has 1 aromatic heterocycles. The maximum atomic E-state index is 12.5. The minimum atomic E-state index is -0.415. The smallest absolute Gasteiger partial charge is 0.340 e. The number of thioether (sulfide) groups is 1. The quantitative estimate of drug-likeness (QED) is 0.645. The number of amides is 1. The highest BCUT2D eigenvalue weighted by atomic mass is 32.2. The first-order valence-corrected chi connectivity index (χ1v) is 8.52. The SMILES string of the molecule is CCOC(=O)c1c(C)[nH]c(C(=O)Nc2cccc(SC)c2)c1C. The van der Waals surface area contributed by atoms with Gasteiger partial charge in [-0.3, -0.25) is 4.79 Å². The third-order valence-corrected chi connectivity index (χ3v) is 4.20. The van der Waals surface area contributed by atoms with Crippen molar-refractivity contribution in [1.29, 1.82) is 0 Å². The van der Waals surface area contributed by atoms with Crippen LogP contribution in [0.4, 0.5) is 5.69 Å². The Hall–Kier alpha value is -2.21. The van der Waals surface area contributed by atoms with Crippen LogP contribution >= 0.6 is 11.8 Å². The van der Waals surface area contributed by atoms with Crippen molar-refractivity contribution in [1.82, 2.24) is 4.98 Å². The summed E-state index contributed by atoms with van der Waals surface area (Å²) in [5, 5.41) is 2.85. The Morgan fingerprint density at radius 1 is 1.30 bits per heavy atom. The summed E-state index contributed by atoms with van der Waals surface area (Å²) in [4.78, 5) is 28.5. The number of anilines is 1. The average Bonchev–Trinajstić information content (AvgIpc) is 2.82. The Labute approximate surface area is 139 Å². The molecule has 0 saturated heterocycles. The zero-order valence-electron chi connectivity index (χ0n) is 13.6. The molecular weight excluding hydrogens is 312 g/mol. The number of aromatic amines is 1. The molecule has 0 saturated carbocycles. The van der Waals surface area contributed by atoms with Gasteiger partial charge in [0.2, 0.25) is 0 Å². The third-order valence-electron chi connectivity index (χ3n) is 3.47. The first-order chi connectivity index (χ1) is 11.0. The number of rotatable bonds is 5. The number of hydrogen-bond donors (Lipinski definition) is 2. The summed E-state index contributed by atoms with van der Waals surface area (Å²) in [7, 11) is 0. The summed E-state index contributed by atoms with van der Waals surface area (Å²) >= 11 is 1.60. The van der Waals surface area contributed by atoms with E-state index in [2.05, 4.69) is 10.3 Å². The van der Waals surface area contributed by atoms with Crippen LogP contribution in [0.1, 0.15) is 39.0 Å². The third kappa shape index (κ3) is 3.76. The van der Waals surface area contributed by atoms with Crippen molar-refractivity contribution < 1.29 is 14.3 Å². The minimum absolute atomic E-state index is 0.278. The number of carbonyl (C=O) groups is 2. The van der Waals surface area contributed by atoms with Gasteiger partial charge >= 0.3 is 5.97 Å². The lowest BCUT2D eigenvalue weighted by Gasteiger charge is -2.06. The van der Waals surface area contributed by atoms with Gasteiger partial charge < -0.3 is 15.0 Å². The molecule has 0 aliphatic rings. The molecule has 1 aromatic carbocycles. The predicted molar refractivity (Wildman–Crippen MR) is 92.4 cm³/mol. The highest BCUT2D eigenvalue weighted by Crippen LogP contribution is 2.22. The maximum absolute atomic E-state index is 12.5. The number of aryl methyl sites for hydroxylation is 1. The molecule has 0 aliphatic heterocycles. The largest absolute Gasteiger partial charge is 0.462 e. The van der Waals surface area contributed by atoms with Crippen molar-refractivity contribution in [3.8, 4) is 0 Å². The van der Waals surface area contributed by atoms with Gasteiger partial charge in [0.1, 0.15) is 5.69 Å². The Kier molecular flexibility index (Phi) is 5.50. The van der Waals surface area contributed by atoms with Gasteiger partial charge in [-0.1, -0.05) is 6.07 Å². The van der Waals surface area contributed by atoms with E-state index in [4.69, 9.17) is 4.74 Å². The second-order valence-electron chi connectivity index (χ2n) is 5.03. The lowest BCUT2D eigenvalue weighted by molar-refractivity contribution is 0.0525. The van der Waals surface area contributed by atoms with Crippen LogP contribution < -0.4 is 5.32 Å². The molecule has 1 amide bonds. The van der Waals surface area contributed by atoms with Crippen molar-refractivity contribution in [3.05, 3.63) is 46.8 Å². The molecule has 0 spiro atoms. The predicted octanol–water partition coefficient (Wildman–Crippen LogP) is 3.78. The topological polar surface area (TPSA) is 71.2 Å². The molecule has 23 heavy (non-hydrogen) atoms. The second-order valence-corrected chi connectivity index (χ2v) is 5.91. The van der Waals surface area contributed by atoms with E-state index in [0.29, 0.717) is 34.8 Å². The van der Waals surface area contributed by atoms with Crippen LogP contribution in [-0.4, -0.2) is 29.7 Å². The zero-order chi connectivity index (χ0) is 17.0. The van der Waals surface area contributed by atoms with Crippen LogP contribution in [0.15, 0.2) is 29.2 Å². The van der Waals surface area contributed by atoms with Gasteiger partial charge in [-0.05, 0) is 50.8 Å². The fourth-order valence-electron chi connectivity index (χ4n) is 2.38. The number of esters is 1. The van der Waals surface area contributed by atoms with Crippen LogP contribution in [0.2, 0.25) is 0 Å². The molecule has 6 heteroatoms. The van der Waals surface area contributed by atoms with E-state index >= 15 is 0 Å². The fourth-order valence-corrected chi connectivity index (χ4v) is 2.84. The van der Waals surface area contributed by atoms with Crippen molar-refractivity contribution >= 4 is 29.3 Å². The van der Waals surface area contributed by atoms with Crippen LogP contribution in [0, 0.1) is 13.8 Å². The van der Waals surface area contributed by atoms with Crippen LogP contribution in [-0.2, 0) is 4.74 Å². The van der Waals surface area contributed by atoms with Gasteiger partial charge in [-0.15, -0.1) is 11.8 Å². The number of ether oxygens (including phenoxy) is 1. The van der Waals surface area contributed by atoms with E-state index in [9.17, 15) is 9.59 Å². The summed E-state index contributed by atoms with van der Waals surface area (Å²) in [5.74, 6) is -0.693. The molecule has 2 N–H and O–H groups in total. The second kappa shape index (κ2) is 7.37. The van der Waals surface area contributed by atoms with Crippen molar-refractivity contribution in [3.63, 3.8) is 0 Å². The summed E-state index contributed by atoms with van der Waals surface area (Å²) in [6.45, 7) is 5.54. The highest BCUT2D eigenvalue weighted by Gasteiger charge is 2.22. The molecule has 122 valence electrons. The molecule has 0 fully saturated rings. The minimum Gasteiger partial charge on any atom is -0.462 e. The lowest BCUT2D eigenvalue weighted by atomic mass is 10.1. The Morgan fingerprint density at radius 2 is 2.04 bits per heavy atom. The van der Waals surface area contributed by atoms with E-state index in [1.165, 1.54) is 0 Å². The van der Waals surface area contributed by atoms with Crippen LogP contribution in [0.3, 0.4) is 0 Å². The van der Waals surface area contributed by atoms with E-state index in [0.717, 1.165) is 4.90 Å². The van der Waals surface area contributed by atoms with E-state index in [1.807, 2.05) is 30.5 Å². The zero-order valence-corrected chi connectivity index (χ0v) is 14.5. The molecule has 5 nitrogen and oxygen atoms in total. The van der Waals surface area contributed by atoms with Gasteiger partial charge in [0.15, 0.2) is 0 Å². The monoisotopic (exact) mass is 332 g/mol. The molecule has 0 atom stereocenters. The number of nitrogens with one attached hydrogen (secondary N) is 2. The molecule has 0 radical (unpaired) electrons. The Morgan fingerprint density at radius 3 is 2.70 bits per heavy atom. The maximum Gasteiger partial charge on any atom is 0.340 e. The molecule has 2 rings (SSSR count). The first kappa shape index (κ1) is 17.1. The number of H-pyrrole nitrogens is 1. The van der Waals surface area contributed by atoms with Crippen molar-refractivity contribution in [2.24, 2.45) is 0 Å². The number of carbonyl (C=O) groups excluding carboxylic acids is 2.